The van der Waals surface area contributed by atoms with Gasteiger partial charge in [0.15, 0.2) is 0 Å². The highest BCUT2D eigenvalue weighted by atomic mass is 35.5. The number of hydrogen-bond acceptors (Lipinski definition) is 1. The van der Waals surface area contributed by atoms with Crippen LogP contribution in [-0.2, 0) is 0 Å². The molecule has 0 radical (unpaired) electrons. The first kappa shape index (κ1) is 14.8. The zero-order valence-electron chi connectivity index (χ0n) is 10.9. The van der Waals surface area contributed by atoms with Crippen LogP contribution in [0, 0.1) is 19.7 Å². The smallest absolute Gasteiger partial charge is 0.257 e. The zero-order chi connectivity index (χ0) is 14.9. The van der Waals surface area contributed by atoms with Gasteiger partial charge < -0.3 is 5.32 Å². The lowest BCUT2D eigenvalue weighted by atomic mass is 10.1. The molecule has 0 aliphatic heterocycles. The van der Waals surface area contributed by atoms with E-state index in [2.05, 4.69) is 5.32 Å². The molecule has 0 spiro atoms. The van der Waals surface area contributed by atoms with Crippen LogP contribution in [0.5, 0.6) is 0 Å². The second-order valence-electron chi connectivity index (χ2n) is 4.50. The molecule has 2 aromatic rings. The Hall–Kier alpha value is -1.58. The average Bonchev–Trinajstić information content (AvgIpc) is 2.38. The van der Waals surface area contributed by atoms with E-state index in [0.717, 1.165) is 17.2 Å². The van der Waals surface area contributed by atoms with Gasteiger partial charge in [0, 0.05) is 5.69 Å². The van der Waals surface area contributed by atoms with Crippen LogP contribution in [0.3, 0.4) is 0 Å². The summed E-state index contributed by atoms with van der Waals surface area (Å²) in [5, 5.41) is 2.68. The van der Waals surface area contributed by atoms with E-state index in [0.29, 0.717) is 5.69 Å². The van der Waals surface area contributed by atoms with Crippen LogP contribution in [0.1, 0.15) is 21.5 Å². The first-order valence-electron chi connectivity index (χ1n) is 5.91. The van der Waals surface area contributed by atoms with Crippen LogP contribution in [0.2, 0.25) is 10.0 Å². The van der Waals surface area contributed by atoms with Gasteiger partial charge in [0.1, 0.15) is 5.82 Å². The minimum atomic E-state index is -0.679. The third kappa shape index (κ3) is 3.11. The van der Waals surface area contributed by atoms with Crippen molar-refractivity contribution in [3.05, 3.63) is 62.9 Å². The van der Waals surface area contributed by atoms with Gasteiger partial charge >= 0.3 is 0 Å². The standard InChI is InChI=1S/C15H12Cl2FNO/c1-8-3-4-10(5-9(8)2)19-15(20)11-6-14(18)13(17)7-12(11)16/h3-7H,1-2H3,(H,19,20). The number of rotatable bonds is 2. The molecule has 2 nitrogen and oxygen atoms in total. The summed E-state index contributed by atoms with van der Waals surface area (Å²) >= 11 is 11.5. The maximum absolute atomic E-state index is 13.4. The second kappa shape index (κ2) is 5.81. The van der Waals surface area contributed by atoms with Crippen molar-refractivity contribution >= 4 is 34.8 Å². The molecule has 0 unspecified atom stereocenters. The Kier molecular flexibility index (Phi) is 4.31. The van der Waals surface area contributed by atoms with Crippen LogP contribution in [-0.4, -0.2) is 5.91 Å². The average molecular weight is 312 g/mol. The van der Waals surface area contributed by atoms with Crippen LogP contribution < -0.4 is 5.32 Å². The summed E-state index contributed by atoms with van der Waals surface area (Å²) in [5.74, 6) is -1.16. The number of benzene rings is 2. The van der Waals surface area contributed by atoms with Gasteiger partial charge in [-0.2, -0.15) is 0 Å². The van der Waals surface area contributed by atoms with Gasteiger partial charge in [-0.1, -0.05) is 29.3 Å². The van der Waals surface area contributed by atoms with Crippen molar-refractivity contribution in [3.63, 3.8) is 0 Å². The molecule has 0 saturated carbocycles. The SMILES string of the molecule is Cc1ccc(NC(=O)c2cc(F)c(Cl)cc2Cl)cc1C. The van der Waals surface area contributed by atoms with Crippen molar-refractivity contribution in [3.8, 4) is 0 Å². The van der Waals surface area contributed by atoms with E-state index in [1.54, 1.807) is 6.07 Å². The number of carbonyl (C=O) groups excluding carboxylic acids is 1. The molecule has 104 valence electrons. The first-order chi connectivity index (χ1) is 9.38. The van der Waals surface area contributed by atoms with E-state index in [9.17, 15) is 9.18 Å². The first-order valence-corrected chi connectivity index (χ1v) is 6.67. The number of anilines is 1. The Morgan fingerprint density at radius 3 is 2.40 bits per heavy atom. The van der Waals surface area contributed by atoms with Crippen LogP contribution in [0.25, 0.3) is 0 Å². The molecule has 0 aromatic heterocycles. The van der Waals surface area contributed by atoms with Gasteiger partial charge in [-0.3, -0.25) is 4.79 Å². The number of hydrogen-bond donors (Lipinski definition) is 1. The normalized spacial score (nSPS) is 10.4. The van der Waals surface area contributed by atoms with Crippen molar-refractivity contribution in [2.24, 2.45) is 0 Å². The van der Waals surface area contributed by atoms with E-state index in [1.165, 1.54) is 6.07 Å². The van der Waals surface area contributed by atoms with Gasteiger partial charge in [0.25, 0.3) is 5.91 Å². The molecule has 0 atom stereocenters. The van der Waals surface area contributed by atoms with Gasteiger partial charge in [-0.25, -0.2) is 4.39 Å². The van der Waals surface area contributed by atoms with E-state index in [-0.39, 0.29) is 15.6 Å². The Balaban J connectivity index is 2.28. The fraction of sp³-hybridized carbons (Fsp3) is 0.133. The third-order valence-corrected chi connectivity index (χ3v) is 3.62. The van der Waals surface area contributed by atoms with Gasteiger partial charge in [0.2, 0.25) is 0 Å². The Morgan fingerprint density at radius 2 is 1.75 bits per heavy atom. The fourth-order valence-corrected chi connectivity index (χ4v) is 2.18. The highest BCUT2D eigenvalue weighted by Gasteiger charge is 2.14. The summed E-state index contributed by atoms with van der Waals surface area (Å²) in [6.07, 6.45) is 0. The molecule has 1 amide bonds. The molecule has 2 rings (SSSR count). The number of nitrogens with one attached hydrogen (secondary N) is 1. The van der Waals surface area contributed by atoms with Crippen LogP contribution in [0.4, 0.5) is 10.1 Å². The summed E-state index contributed by atoms with van der Waals surface area (Å²) in [6.45, 7) is 3.92. The summed E-state index contributed by atoms with van der Waals surface area (Å²) in [5.41, 5.74) is 2.85. The Labute approximate surface area is 126 Å². The van der Waals surface area contributed by atoms with Gasteiger partial charge in [0.05, 0.1) is 15.6 Å². The number of carbonyl (C=O) groups is 1. The molecule has 0 bridgehead atoms. The predicted octanol–water partition coefficient (Wildman–Crippen LogP) is 5.00. The van der Waals surface area contributed by atoms with Crippen LogP contribution >= 0.6 is 23.2 Å². The number of amides is 1. The largest absolute Gasteiger partial charge is 0.322 e. The van der Waals surface area contributed by atoms with Crippen molar-refractivity contribution in [1.29, 1.82) is 0 Å². The summed E-state index contributed by atoms with van der Waals surface area (Å²) < 4.78 is 13.4. The topological polar surface area (TPSA) is 29.1 Å². The van der Waals surface area contributed by atoms with Gasteiger partial charge in [-0.05, 0) is 49.2 Å². The maximum atomic E-state index is 13.4. The summed E-state index contributed by atoms with van der Waals surface area (Å²) in [4.78, 5) is 12.1. The monoisotopic (exact) mass is 311 g/mol. The molecule has 20 heavy (non-hydrogen) atoms. The molecule has 0 aliphatic carbocycles. The molecule has 1 N–H and O–H groups in total. The quantitative estimate of drug-likeness (QED) is 0.777. The zero-order valence-corrected chi connectivity index (χ0v) is 12.4. The minimum Gasteiger partial charge on any atom is -0.322 e. The fourth-order valence-electron chi connectivity index (χ4n) is 1.71. The van der Waals surface area contributed by atoms with E-state index >= 15 is 0 Å². The molecule has 0 aliphatic rings. The van der Waals surface area contributed by atoms with E-state index in [4.69, 9.17) is 23.2 Å². The highest BCUT2D eigenvalue weighted by Crippen LogP contribution is 2.25. The Bertz CT molecular complexity index is 686. The third-order valence-electron chi connectivity index (χ3n) is 3.02. The maximum Gasteiger partial charge on any atom is 0.257 e. The summed E-state index contributed by atoms with van der Waals surface area (Å²) in [6, 6.07) is 7.76. The molecular weight excluding hydrogens is 300 g/mol. The van der Waals surface area contributed by atoms with Crippen molar-refractivity contribution in [1.82, 2.24) is 0 Å². The Morgan fingerprint density at radius 1 is 1.05 bits per heavy atom. The van der Waals surface area contributed by atoms with Gasteiger partial charge in [-0.15, -0.1) is 0 Å². The van der Waals surface area contributed by atoms with E-state index in [1.807, 2.05) is 26.0 Å². The second-order valence-corrected chi connectivity index (χ2v) is 5.31. The molecule has 0 fully saturated rings. The molecule has 0 heterocycles. The lowest BCUT2D eigenvalue weighted by Crippen LogP contribution is -2.13. The van der Waals surface area contributed by atoms with E-state index < -0.39 is 11.7 Å². The molecular formula is C15H12Cl2FNO. The van der Waals surface area contributed by atoms with Crippen molar-refractivity contribution in [2.75, 3.05) is 5.32 Å². The number of halogens is 3. The minimum absolute atomic E-state index is 0.0480. The molecule has 5 heteroatoms. The van der Waals surface area contributed by atoms with Crippen LogP contribution in [0.15, 0.2) is 30.3 Å². The molecule has 2 aromatic carbocycles. The van der Waals surface area contributed by atoms with Crippen molar-refractivity contribution in [2.45, 2.75) is 13.8 Å². The molecule has 0 saturated heterocycles. The predicted molar refractivity (Wildman–Crippen MR) is 80.3 cm³/mol. The number of aryl methyl sites for hydroxylation is 2. The highest BCUT2D eigenvalue weighted by molar-refractivity contribution is 6.37. The van der Waals surface area contributed by atoms with Crippen molar-refractivity contribution < 1.29 is 9.18 Å². The lowest BCUT2D eigenvalue weighted by molar-refractivity contribution is 0.102. The lowest BCUT2D eigenvalue weighted by Gasteiger charge is -2.09. The summed E-state index contributed by atoms with van der Waals surface area (Å²) in [7, 11) is 0.